The highest BCUT2D eigenvalue weighted by atomic mass is 79.9. The lowest BCUT2D eigenvalue weighted by molar-refractivity contribution is 1.10. The first kappa shape index (κ1) is 14.6. The van der Waals surface area contributed by atoms with Crippen LogP contribution in [0.15, 0.2) is 59.1 Å². The third-order valence-corrected chi connectivity index (χ3v) is 4.89. The average Bonchev–Trinajstić information content (AvgIpc) is 2.46. The molecule has 1 atom stereocenters. The minimum absolute atomic E-state index is 0.135. The predicted octanol–water partition coefficient (Wildman–Crippen LogP) is 6.55. The molecule has 0 nitrogen and oxygen atoms in total. The van der Waals surface area contributed by atoms with E-state index in [2.05, 4.69) is 84.4 Å². The number of benzene rings is 3. The van der Waals surface area contributed by atoms with Crippen LogP contribution in [0.3, 0.4) is 0 Å². The summed E-state index contributed by atoms with van der Waals surface area (Å²) in [7, 11) is 0. The van der Waals surface area contributed by atoms with E-state index in [1.165, 1.54) is 33.0 Å². The molecule has 0 aliphatic heterocycles. The van der Waals surface area contributed by atoms with Crippen molar-refractivity contribution in [1.29, 1.82) is 0 Å². The largest absolute Gasteiger partial charge is 0.113 e. The molecule has 0 aromatic heterocycles. The van der Waals surface area contributed by atoms with Crippen molar-refractivity contribution >= 4 is 38.3 Å². The van der Waals surface area contributed by atoms with E-state index in [0.29, 0.717) is 0 Å². The minimum Gasteiger partial charge on any atom is -0.113 e. The van der Waals surface area contributed by atoms with Gasteiger partial charge in [-0.1, -0.05) is 58.4 Å². The smallest absolute Gasteiger partial charge is 0.0846 e. The molecule has 0 saturated carbocycles. The standard InChI is InChI=1S/C19H16BrCl/c1-12-7-8-14-5-3-4-6-17(14)18(12)19(21)16-10-9-15(20)11-13(16)2/h3-11,19H,1-2H3. The van der Waals surface area contributed by atoms with Crippen molar-refractivity contribution in [3.63, 3.8) is 0 Å². The highest BCUT2D eigenvalue weighted by Gasteiger charge is 2.18. The van der Waals surface area contributed by atoms with Gasteiger partial charge in [0, 0.05) is 4.47 Å². The molecule has 0 spiro atoms. The van der Waals surface area contributed by atoms with E-state index in [-0.39, 0.29) is 5.38 Å². The van der Waals surface area contributed by atoms with Crippen molar-refractivity contribution < 1.29 is 0 Å². The van der Waals surface area contributed by atoms with Crippen LogP contribution in [0.25, 0.3) is 10.8 Å². The fraction of sp³-hybridized carbons (Fsp3) is 0.158. The highest BCUT2D eigenvalue weighted by Crippen LogP contribution is 2.38. The van der Waals surface area contributed by atoms with Crippen molar-refractivity contribution in [3.8, 4) is 0 Å². The maximum atomic E-state index is 6.86. The molecule has 0 saturated heterocycles. The quantitative estimate of drug-likeness (QED) is 0.455. The molecule has 0 N–H and O–H groups in total. The van der Waals surface area contributed by atoms with Gasteiger partial charge in [0.15, 0.2) is 0 Å². The highest BCUT2D eigenvalue weighted by molar-refractivity contribution is 9.10. The zero-order chi connectivity index (χ0) is 15.0. The third kappa shape index (κ3) is 2.73. The molecule has 2 heteroatoms. The van der Waals surface area contributed by atoms with Crippen LogP contribution in [0.2, 0.25) is 0 Å². The van der Waals surface area contributed by atoms with Gasteiger partial charge in [0.05, 0.1) is 5.38 Å². The number of alkyl halides is 1. The molecule has 0 fully saturated rings. The summed E-state index contributed by atoms with van der Waals surface area (Å²) in [5, 5.41) is 2.34. The molecule has 0 amide bonds. The van der Waals surface area contributed by atoms with E-state index in [4.69, 9.17) is 11.6 Å². The van der Waals surface area contributed by atoms with Crippen LogP contribution in [0, 0.1) is 13.8 Å². The Morgan fingerprint density at radius 1 is 0.905 bits per heavy atom. The Morgan fingerprint density at radius 2 is 1.67 bits per heavy atom. The second-order valence-corrected chi connectivity index (χ2v) is 6.73. The van der Waals surface area contributed by atoms with Crippen LogP contribution >= 0.6 is 27.5 Å². The summed E-state index contributed by atoms with van der Waals surface area (Å²) in [6.07, 6.45) is 0. The van der Waals surface area contributed by atoms with Crippen molar-refractivity contribution in [2.45, 2.75) is 19.2 Å². The topological polar surface area (TPSA) is 0 Å². The molecule has 0 bridgehead atoms. The zero-order valence-electron chi connectivity index (χ0n) is 12.0. The van der Waals surface area contributed by atoms with Crippen LogP contribution in [0.4, 0.5) is 0 Å². The molecule has 1 unspecified atom stereocenters. The molecule has 3 aromatic carbocycles. The van der Waals surface area contributed by atoms with Gasteiger partial charge in [0.25, 0.3) is 0 Å². The van der Waals surface area contributed by atoms with Gasteiger partial charge in [0.2, 0.25) is 0 Å². The van der Waals surface area contributed by atoms with E-state index in [1.807, 2.05) is 0 Å². The Labute approximate surface area is 138 Å². The maximum absolute atomic E-state index is 6.86. The number of rotatable bonds is 2. The summed E-state index contributed by atoms with van der Waals surface area (Å²) in [5.41, 5.74) is 4.81. The molecule has 3 aromatic rings. The molecule has 0 aliphatic rings. The van der Waals surface area contributed by atoms with Crippen LogP contribution in [-0.2, 0) is 0 Å². The van der Waals surface area contributed by atoms with Crippen LogP contribution in [-0.4, -0.2) is 0 Å². The fourth-order valence-electron chi connectivity index (χ4n) is 2.82. The Morgan fingerprint density at radius 3 is 2.43 bits per heavy atom. The molecule has 3 rings (SSSR count). The van der Waals surface area contributed by atoms with Crippen LogP contribution in [0.5, 0.6) is 0 Å². The number of hydrogen-bond donors (Lipinski definition) is 0. The van der Waals surface area contributed by atoms with E-state index in [0.717, 1.165) is 4.47 Å². The SMILES string of the molecule is Cc1cc(Br)ccc1C(Cl)c1c(C)ccc2ccccc12. The summed E-state index contributed by atoms with van der Waals surface area (Å²) in [5.74, 6) is 0. The lowest BCUT2D eigenvalue weighted by atomic mass is 9.92. The molecule has 0 radical (unpaired) electrons. The summed E-state index contributed by atoms with van der Waals surface area (Å²) >= 11 is 10.4. The van der Waals surface area contributed by atoms with Crippen molar-refractivity contribution in [1.82, 2.24) is 0 Å². The Balaban J connectivity index is 2.21. The minimum atomic E-state index is -0.135. The van der Waals surface area contributed by atoms with Gasteiger partial charge in [-0.05, 0) is 59.0 Å². The third-order valence-electron chi connectivity index (χ3n) is 3.95. The first-order chi connectivity index (χ1) is 10.1. The second-order valence-electron chi connectivity index (χ2n) is 5.38. The van der Waals surface area contributed by atoms with Crippen LogP contribution in [0.1, 0.15) is 27.6 Å². The van der Waals surface area contributed by atoms with Gasteiger partial charge in [-0.3, -0.25) is 0 Å². The lowest BCUT2D eigenvalue weighted by Crippen LogP contribution is -2.00. The molecule has 21 heavy (non-hydrogen) atoms. The Kier molecular flexibility index (Phi) is 4.05. The Bertz CT molecular complexity index is 808. The predicted molar refractivity (Wildman–Crippen MR) is 95.3 cm³/mol. The van der Waals surface area contributed by atoms with E-state index in [1.54, 1.807) is 0 Å². The van der Waals surface area contributed by atoms with Crippen molar-refractivity contribution in [3.05, 3.63) is 81.3 Å². The number of fused-ring (bicyclic) bond motifs is 1. The zero-order valence-corrected chi connectivity index (χ0v) is 14.4. The first-order valence-corrected chi connectivity index (χ1v) is 8.19. The summed E-state index contributed by atoms with van der Waals surface area (Å²) in [4.78, 5) is 0. The van der Waals surface area contributed by atoms with Gasteiger partial charge in [-0.15, -0.1) is 11.6 Å². The van der Waals surface area contributed by atoms with Gasteiger partial charge >= 0.3 is 0 Å². The number of halogens is 2. The summed E-state index contributed by atoms with van der Waals surface area (Å²) < 4.78 is 1.09. The van der Waals surface area contributed by atoms with Crippen molar-refractivity contribution in [2.75, 3.05) is 0 Å². The summed E-state index contributed by atoms with van der Waals surface area (Å²) in [6, 6.07) is 19.0. The second kappa shape index (κ2) is 5.82. The fourth-order valence-corrected chi connectivity index (χ4v) is 3.83. The molecular formula is C19H16BrCl. The monoisotopic (exact) mass is 358 g/mol. The van der Waals surface area contributed by atoms with Crippen LogP contribution < -0.4 is 0 Å². The van der Waals surface area contributed by atoms with Crippen molar-refractivity contribution in [2.24, 2.45) is 0 Å². The molecular weight excluding hydrogens is 344 g/mol. The van der Waals surface area contributed by atoms with Gasteiger partial charge in [-0.25, -0.2) is 0 Å². The van der Waals surface area contributed by atoms with E-state index >= 15 is 0 Å². The van der Waals surface area contributed by atoms with Gasteiger partial charge in [-0.2, -0.15) is 0 Å². The first-order valence-electron chi connectivity index (χ1n) is 6.96. The number of hydrogen-bond acceptors (Lipinski definition) is 0. The molecule has 0 heterocycles. The molecule has 106 valence electrons. The van der Waals surface area contributed by atoms with Gasteiger partial charge in [0.1, 0.15) is 0 Å². The van der Waals surface area contributed by atoms with E-state index in [9.17, 15) is 0 Å². The molecule has 0 aliphatic carbocycles. The normalized spacial score (nSPS) is 12.6. The van der Waals surface area contributed by atoms with Gasteiger partial charge < -0.3 is 0 Å². The lowest BCUT2D eigenvalue weighted by Gasteiger charge is -2.18. The Hall–Kier alpha value is -1.31. The summed E-state index contributed by atoms with van der Waals surface area (Å²) in [6.45, 7) is 4.24. The average molecular weight is 360 g/mol. The van der Waals surface area contributed by atoms with E-state index < -0.39 is 0 Å². The number of aryl methyl sites for hydroxylation is 2. The maximum Gasteiger partial charge on any atom is 0.0846 e.